The van der Waals surface area contributed by atoms with E-state index in [1.54, 1.807) is 7.11 Å². The molecular formula is C13H19NO2. The summed E-state index contributed by atoms with van der Waals surface area (Å²) in [6, 6.07) is 5.80. The van der Waals surface area contributed by atoms with Crippen molar-refractivity contribution in [3.63, 3.8) is 0 Å². The lowest BCUT2D eigenvalue weighted by Crippen LogP contribution is -2.08. The number of methoxy groups -OCH3 is 1. The summed E-state index contributed by atoms with van der Waals surface area (Å²) in [6.45, 7) is 4.49. The summed E-state index contributed by atoms with van der Waals surface area (Å²) in [7, 11) is 1.64. The van der Waals surface area contributed by atoms with E-state index in [1.165, 1.54) is 0 Å². The minimum Gasteiger partial charge on any atom is -0.493 e. The van der Waals surface area contributed by atoms with Gasteiger partial charge in [0.25, 0.3) is 0 Å². The monoisotopic (exact) mass is 221 g/mol. The molecule has 1 rings (SSSR count). The number of para-hydroxylation sites is 1. The first-order chi connectivity index (χ1) is 7.69. The van der Waals surface area contributed by atoms with Crippen LogP contribution in [0, 0.1) is 0 Å². The number of rotatable bonds is 5. The Kier molecular flexibility index (Phi) is 4.86. The normalized spacial score (nSPS) is 11.1. The average Bonchev–Trinajstić information content (AvgIpc) is 2.27. The van der Waals surface area contributed by atoms with E-state index in [1.807, 2.05) is 44.2 Å². The van der Waals surface area contributed by atoms with Gasteiger partial charge >= 0.3 is 0 Å². The highest BCUT2D eigenvalue weighted by atomic mass is 16.5. The van der Waals surface area contributed by atoms with E-state index in [0.29, 0.717) is 6.54 Å². The van der Waals surface area contributed by atoms with Crippen LogP contribution in [-0.4, -0.2) is 19.8 Å². The third-order valence-corrected chi connectivity index (χ3v) is 2.02. The molecule has 0 amide bonds. The van der Waals surface area contributed by atoms with Crippen LogP contribution in [0.4, 0.5) is 0 Å². The van der Waals surface area contributed by atoms with Gasteiger partial charge in [-0.05, 0) is 19.9 Å². The number of benzene rings is 1. The lowest BCUT2D eigenvalue weighted by molar-refractivity contribution is 0.229. The maximum absolute atomic E-state index is 5.75. The zero-order valence-corrected chi connectivity index (χ0v) is 10.1. The third kappa shape index (κ3) is 3.28. The van der Waals surface area contributed by atoms with Gasteiger partial charge in [0.15, 0.2) is 11.5 Å². The second kappa shape index (κ2) is 6.18. The van der Waals surface area contributed by atoms with Gasteiger partial charge in [-0.2, -0.15) is 0 Å². The maximum atomic E-state index is 5.75. The largest absolute Gasteiger partial charge is 0.493 e. The van der Waals surface area contributed by atoms with Crippen LogP contribution in [0.5, 0.6) is 11.5 Å². The predicted octanol–water partition coefficient (Wildman–Crippen LogP) is 2.45. The Balaban J connectivity index is 3.09. The van der Waals surface area contributed by atoms with E-state index in [2.05, 4.69) is 0 Å². The first-order valence-electron chi connectivity index (χ1n) is 5.39. The molecule has 0 radical (unpaired) electrons. The molecule has 88 valence electrons. The second-order valence-electron chi connectivity index (χ2n) is 3.68. The molecule has 0 unspecified atom stereocenters. The van der Waals surface area contributed by atoms with Crippen molar-refractivity contribution in [2.45, 2.75) is 20.0 Å². The summed E-state index contributed by atoms with van der Waals surface area (Å²) >= 11 is 0. The van der Waals surface area contributed by atoms with E-state index in [-0.39, 0.29) is 6.10 Å². The standard InChI is InChI=1S/C13H19NO2/c1-10(2)16-13-11(7-5-9-14)6-4-8-12(13)15-3/h4-8,10H,9,14H2,1-3H3. The van der Waals surface area contributed by atoms with Crippen LogP contribution >= 0.6 is 0 Å². The van der Waals surface area contributed by atoms with Crippen molar-refractivity contribution in [1.29, 1.82) is 0 Å². The summed E-state index contributed by atoms with van der Waals surface area (Å²) in [4.78, 5) is 0. The molecule has 0 heterocycles. The van der Waals surface area contributed by atoms with Crippen LogP contribution in [-0.2, 0) is 0 Å². The van der Waals surface area contributed by atoms with Gasteiger partial charge < -0.3 is 15.2 Å². The molecule has 3 nitrogen and oxygen atoms in total. The van der Waals surface area contributed by atoms with Crippen molar-refractivity contribution in [2.75, 3.05) is 13.7 Å². The van der Waals surface area contributed by atoms with Crippen molar-refractivity contribution in [3.8, 4) is 11.5 Å². The summed E-state index contributed by atoms with van der Waals surface area (Å²) in [6.07, 6.45) is 3.95. The highest BCUT2D eigenvalue weighted by molar-refractivity contribution is 5.62. The Morgan fingerprint density at radius 1 is 1.38 bits per heavy atom. The molecule has 1 aromatic carbocycles. The minimum atomic E-state index is 0.112. The molecule has 0 saturated carbocycles. The van der Waals surface area contributed by atoms with E-state index in [0.717, 1.165) is 17.1 Å². The van der Waals surface area contributed by atoms with Gasteiger partial charge in [0.2, 0.25) is 0 Å². The van der Waals surface area contributed by atoms with Gasteiger partial charge in [0.05, 0.1) is 13.2 Å². The molecule has 0 fully saturated rings. The molecule has 0 spiro atoms. The number of hydrogen-bond donors (Lipinski definition) is 1. The quantitative estimate of drug-likeness (QED) is 0.830. The van der Waals surface area contributed by atoms with Crippen LogP contribution < -0.4 is 15.2 Å². The van der Waals surface area contributed by atoms with Gasteiger partial charge in [0, 0.05) is 12.1 Å². The molecule has 0 saturated heterocycles. The highest BCUT2D eigenvalue weighted by Crippen LogP contribution is 2.32. The molecule has 0 atom stereocenters. The zero-order chi connectivity index (χ0) is 12.0. The van der Waals surface area contributed by atoms with Gasteiger partial charge in [0.1, 0.15) is 0 Å². The Labute approximate surface area is 96.9 Å². The summed E-state index contributed by atoms with van der Waals surface area (Å²) in [5.41, 5.74) is 6.42. The predicted molar refractivity (Wildman–Crippen MR) is 66.8 cm³/mol. The number of ether oxygens (including phenoxy) is 2. The first kappa shape index (κ1) is 12.6. The van der Waals surface area contributed by atoms with E-state index >= 15 is 0 Å². The first-order valence-corrected chi connectivity index (χ1v) is 5.39. The lowest BCUT2D eigenvalue weighted by Gasteiger charge is -2.15. The van der Waals surface area contributed by atoms with Crippen LogP contribution in [0.3, 0.4) is 0 Å². The van der Waals surface area contributed by atoms with Gasteiger partial charge in [-0.15, -0.1) is 0 Å². The Bertz CT molecular complexity index is 359. The molecule has 2 N–H and O–H groups in total. The summed E-state index contributed by atoms with van der Waals surface area (Å²) < 4.78 is 11.0. The molecule has 0 aliphatic carbocycles. The fourth-order valence-corrected chi connectivity index (χ4v) is 1.38. The average molecular weight is 221 g/mol. The summed E-state index contributed by atoms with van der Waals surface area (Å²) in [5.74, 6) is 1.51. The van der Waals surface area contributed by atoms with Crippen LogP contribution in [0.2, 0.25) is 0 Å². The second-order valence-corrected chi connectivity index (χ2v) is 3.68. The Morgan fingerprint density at radius 3 is 2.69 bits per heavy atom. The van der Waals surface area contributed by atoms with E-state index in [9.17, 15) is 0 Å². The van der Waals surface area contributed by atoms with Crippen molar-refractivity contribution < 1.29 is 9.47 Å². The summed E-state index contributed by atoms with van der Waals surface area (Å²) in [5, 5.41) is 0. The van der Waals surface area contributed by atoms with Crippen LogP contribution in [0.25, 0.3) is 6.08 Å². The van der Waals surface area contributed by atoms with Crippen molar-refractivity contribution in [3.05, 3.63) is 29.8 Å². The minimum absolute atomic E-state index is 0.112. The molecule has 0 bridgehead atoms. The molecule has 0 aromatic heterocycles. The van der Waals surface area contributed by atoms with Crippen LogP contribution in [0.1, 0.15) is 19.4 Å². The number of hydrogen-bond acceptors (Lipinski definition) is 3. The highest BCUT2D eigenvalue weighted by Gasteiger charge is 2.09. The fourth-order valence-electron chi connectivity index (χ4n) is 1.38. The Hall–Kier alpha value is -1.48. The molecule has 0 aliphatic rings. The molecular weight excluding hydrogens is 202 g/mol. The number of nitrogens with two attached hydrogens (primary N) is 1. The Morgan fingerprint density at radius 2 is 2.12 bits per heavy atom. The van der Waals surface area contributed by atoms with Crippen molar-refractivity contribution in [1.82, 2.24) is 0 Å². The van der Waals surface area contributed by atoms with Gasteiger partial charge in [-0.1, -0.05) is 24.3 Å². The zero-order valence-electron chi connectivity index (χ0n) is 10.1. The van der Waals surface area contributed by atoms with E-state index < -0.39 is 0 Å². The third-order valence-electron chi connectivity index (χ3n) is 2.02. The van der Waals surface area contributed by atoms with Crippen molar-refractivity contribution >= 4 is 6.08 Å². The topological polar surface area (TPSA) is 44.5 Å². The maximum Gasteiger partial charge on any atom is 0.168 e. The van der Waals surface area contributed by atoms with E-state index in [4.69, 9.17) is 15.2 Å². The lowest BCUT2D eigenvalue weighted by atomic mass is 10.1. The molecule has 0 aliphatic heterocycles. The van der Waals surface area contributed by atoms with Crippen LogP contribution in [0.15, 0.2) is 24.3 Å². The van der Waals surface area contributed by atoms with Gasteiger partial charge in [-0.3, -0.25) is 0 Å². The smallest absolute Gasteiger partial charge is 0.168 e. The van der Waals surface area contributed by atoms with Crippen molar-refractivity contribution in [2.24, 2.45) is 5.73 Å². The molecule has 1 aromatic rings. The fraction of sp³-hybridized carbons (Fsp3) is 0.385. The molecule has 16 heavy (non-hydrogen) atoms. The molecule has 3 heteroatoms. The SMILES string of the molecule is COc1cccc(C=CCN)c1OC(C)C. The van der Waals surface area contributed by atoms with Gasteiger partial charge in [-0.25, -0.2) is 0 Å².